The van der Waals surface area contributed by atoms with E-state index in [1.807, 2.05) is 24.4 Å². The molecule has 0 spiro atoms. The van der Waals surface area contributed by atoms with Crippen molar-refractivity contribution in [2.45, 2.75) is 45.4 Å². The third-order valence-corrected chi connectivity index (χ3v) is 6.70. The number of H-pyrrole nitrogens is 1. The van der Waals surface area contributed by atoms with E-state index < -0.39 is 17.6 Å². The quantitative estimate of drug-likeness (QED) is 0.477. The van der Waals surface area contributed by atoms with Gasteiger partial charge in [-0.05, 0) is 48.9 Å². The summed E-state index contributed by atoms with van der Waals surface area (Å²) in [4.78, 5) is 30.6. The Kier molecular flexibility index (Phi) is 7.29. The number of hydrogen-bond donors (Lipinski definition) is 1. The Labute approximate surface area is 198 Å². The summed E-state index contributed by atoms with van der Waals surface area (Å²) in [5.74, 6) is -2.74. The number of nitrogens with one attached hydrogen (secondary N) is 1. The van der Waals surface area contributed by atoms with E-state index in [2.05, 4.69) is 11.9 Å². The Morgan fingerprint density at radius 3 is 2.74 bits per heavy atom. The number of benzene rings is 2. The van der Waals surface area contributed by atoms with E-state index in [1.54, 1.807) is 11.8 Å². The average molecular weight is 469 g/mol. The number of amides is 1. The lowest BCUT2D eigenvalue weighted by Gasteiger charge is -2.32. The van der Waals surface area contributed by atoms with Gasteiger partial charge in [0.1, 0.15) is 11.6 Å². The second-order valence-corrected chi connectivity index (χ2v) is 8.79. The summed E-state index contributed by atoms with van der Waals surface area (Å²) in [6, 6.07) is 9.44. The van der Waals surface area contributed by atoms with Gasteiger partial charge in [-0.3, -0.25) is 9.59 Å². The van der Waals surface area contributed by atoms with Crippen molar-refractivity contribution in [3.63, 3.8) is 0 Å². The summed E-state index contributed by atoms with van der Waals surface area (Å²) in [6.07, 6.45) is 4.05. The molecule has 2 aromatic carbocycles. The molecule has 0 unspecified atom stereocenters. The average Bonchev–Trinajstić information content (AvgIpc) is 3.27. The van der Waals surface area contributed by atoms with Gasteiger partial charge in [-0.15, -0.1) is 0 Å². The molecule has 2 atom stereocenters. The van der Waals surface area contributed by atoms with Crippen molar-refractivity contribution in [1.82, 2.24) is 9.88 Å². The summed E-state index contributed by atoms with van der Waals surface area (Å²) in [6.45, 7) is 4.96. The van der Waals surface area contributed by atoms with Crippen molar-refractivity contribution in [2.24, 2.45) is 5.92 Å². The molecule has 1 aromatic heterocycles. The van der Waals surface area contributed by atoms with Crippen LogP contribution < -0.4 is 0 Å². The third kappa shape index (κ3) is 4.83. The number of esters is 1. The molecule has 1 fully saturated rings. The highest BCUT2D eigenvalue weighted by Crippen LogP contribution is 2.36. The van der Waals surface area contributed by atoms with Crippen LogP contribution in [0.15, 0.2) is 42.6 Å². The summed E-state index contributed by atoms with van der Waals surface area (Å²) in [5, 5.41) is 0.920. The molecule has 3 aromatic rings. The molecule has 1 saturated heterocycles. The van der Waals surface area contributed by atoms with Crippen LogP contribution in [0.2, 0.25) is 0 Å². The molecule has 4 rings (SSSR count). The molecule has 0 radical (unpaired) electrons. The molecule has 0 saturated carbocycles. The minimum Gasteiger partial charge on any atom is -0.466 e. The Hall–Kier alpha value is -3.22. The number of para-hydroxylation sites is 1. The van der Waals surface area contributed by atoms with E-state index >= 15 is 0 Å². The highest BCUT2D eigenvalue weighted by Gasteiger charge is 2.32. The van der Waals surface area contributed by atoms with E-state index in [-0.39, 0.29) is 29.8 Å². The molecule has 34 heavy (non-hydrogen) atoms. The summed E-state index contributed by atoms with van der Waals surface area (Å²) >= 11 is 0. The monoisotopic (exact) mass is 468 g/mol. The van der Waals surface area contributed by atoms with E-state index in [9.17, 15) is 18.4 Å². The molecule has 2 heterocycles. The largest absolute Gasteiger partial charge is 0.466 e. The lowest BCUT2D eigenvalue weighted by Crippen LogP contribution is -2.43. The SMILES string of the molecule is CCOC(=O)[C@@H]1CCCN(C(=O)C[C@H](c2ccc(F)cc2F)c2c[nH]c3c(CC)cccc23)C1. The van der Waals surface area contributed by atoms with Crippen LogP contribution in [-0.2, 0) is 20.7 Å². The van der Waals surface area contributed by atoms with Gasteiger partial charge in [-0.2, -0.15) is 0 Å². The van der Waals surface area contributed by atoms with Crippen LogP contribution in [0.3, 0.4) is 0 Å². The molecule has 7 heteroatoms. The van der Waals surface area contributed by atoms with E-state index in [1.165, 1.54) is 12.1 Å². The van der Waals surface area contributed by atoms with Crippen molar-refractivity contribution in [1.29, 1.82) is 0 Å². The number of carbonyl (C=O) groups excluding carboxylic acids is 2. The predicted molar refractivity (Wildman–Crippen MR) is 126 cm³/mol. The van der Waals surface area contributed by atoms with Crippen molar-refractivity contribution >= 4 is 22.8 Å². The number of carbonyl (C=O) groups is 2. The molecule has 0 bridgehead atoms. The zero-order valence-electron chi connectivity index (χ0n) is 19.6. The molecule has 0 aliphatic carbocycles. The van der Waals surface area contributed by atoms with Crippen LogP contribution in [0, 0.1) is 17.6 Å². The van der Waals surface area contributed by atoms with Gasteiger partial charge < -0.3 is 14.6 Å². The fourth-order valence-corrected chi connectivity index (χ4v) is 4.95. The highest BCUT2D eigenvalue weighted by atomic mass is 19.1. The molecule has 5 nitrogen and oxygen atoms in total. The van der Waals surface area contributed by atoms with Crippen LogP contribution >= 0.6 is 0 Å². The predicted octanol–water partition coefficient (Wildman–Crippen LogP) is 5.33. The first-order valence-corrected chi connectivity index (χ1v) is 11.9. The lowest BCUT2D eigenvalue weighted by atomic mass is 9.86. The van der Waals surface area contributed by atoms with Gasteiger partial charge in [0.25, 0.3) is 0 Å². The van der Waals surface area contributed by atoms with Crippen LogP contribution in [0.4, 0.5) is 8.78 Å². The van der Waals surface area contributed by atoms with Crippen molar-refractivity contribution in [3.05, 3.63) is 70.9 Å². The lowest BCUT2D eigenvalue weighted by molar-refractivity contribution is -0.151. The second-order valence-electron chi connectivity index (χ2n) is 8.79. The number of aryl methyl sites for hydroxylation is 1. The van der Waals surface area contributed by atoms with Crippen LogP contribution in [0.5, 0.6) is 0 Å². The minimum absolute atomic E-state index is 0.0153. The molecule has 1 N–H and O–H groups in total. The molecular formula is C27H30F2N2O3. The minimum atomic E-state index is -0.679. The first-order chi connectivity index (χ1) is 16.4. The zero-order valence-corrected chi connectivity index (χ0v) is 19.6. The molecule has 1 amide bonds. The van der Waals surface area contributed by atoms with Gasteiger partial charge in [-0.25, -0.2) is 8.78 Å². The van der Waals surface area contributed by atoms with Gasteiger partial charge in [0.2, 0.25) is 5.91 Å². The summed E-state index contributed by atoms with van der Waals surface area (Å²) in [5.41, 5.74) is 3.15. The van der Waals surface area contributed by atoms with Gasteiger partial charge in [0.05, 0.1) is 12.5 Å². The number of fused-ring (bicyclic) bond motifs is 1. The van der Waals surface area contributed by atoms with Crippen molar-refractivity contribution in [2.75, 3.05) is 19.7 Å². The fraction of sp³-hybridized carbons (Fsp3) is 0.407. The maximum atomic E-state index is 14.9. The number of piperidine rings is 1. The normalized spacial score (nSPS) is 17.1. The Bertz CT molecular complexity index is 1190. The Balaban J connectivity index is 1.67. The van der Waals surface area contributed by atoms with E-state index in [0.29, 0.717) is 32.5 Å². The van der Waals surface area contributed by atoms with Gasteiger partial charge >= 0.3 is 5.97 Å². The van der Waals surface area contributed by atoms with Gasteiger partial charge in [-0.1, -0.05) is 31.2 Å². The topological polar surface area (TPSA) is 62.4 Å². The van der Waals surface area contributed by atoms with E-state index in [0.717, 1.165) is 34.5 Å². The maximum absolute atomic E-state index is 14.9. The Morgan fingerprint density at radius 2 is 2.00 bits per heavy atom. The van der Waals surface area contributed by atoms with Crippen LogP contribution in [0.1, 0.15) is 55.7 Å². The second kappa shape index (κ2) is 10.4. The van der Waals surface area contributed by atoms with Crippen LogP contribution in [0.25, 0.3) is 10.9 Å². The Morgan fingerprint density at radius 1 is 1.18 bits per heavy atom. The van der Waals surface area contributed by atoms with Crippen molar-refractivity contribution in [3.8, 4) is 0 Å². The fourth-order valence-electron chi connectivity index (χ4n) is 4.95. The number of likely N-dealkylation sites (tertiary alicyclic amines) is 1. The third-order valence-electron chi connectivity index (χ3n) is 6.70. The molecule has 1 aliphatic rings. The maximum Gasteiger partial charge on any atom is 0.310 e. The smallest absolute Gasteiger partial charge is 0.310 e. The zero-order chi connectivity index (χ0) is 24.2. The van der Waals surface area contributed by atoms with Gasteiger partial charge in [0, 0.05) is 48.6 Å². The van der Waals surface area contributed by atoms with E-state index in [4.69, 9.17) is 4.74 Å². The number of nitrogens with zero attached hydrogens (tertiary/aromatic N) is 1. The number of rotatable bonds is 7. The first-order valence-electron chi connectivity index (χ1n) is 11.9. The van der Waals surface area contributed by atoms with Gasteiger partial charge in [0.15, 0.2) is 0 Å². The number of halogens is 2. The number of aromatic nitrogens is 1. The highest BCUT2D eigenvalue weighted by molar-refractivity contribution is 5.88. The summed E-state index contributed by atoms with van der Waals surface area (Å²) < 4.78 is 33.8. The number of hydrogen-bond acceptors (Lipinski definition) is 3. The van der Waals surface area contributed by atoms with Crippen LogP contribution in [-0.4, -0.2) is 41.5 Å². The first kappa shape index (κ1) is 23.9. The summed E-state index contributed by atoms with van der Waals surface area (Å²) in [7, 11) is 0. The molecule has 180 valence electrons. The van der Waals surface area contributed by atoms with Crippen molar-refractivity contribution < 1.29 is 23.1 Å². The number of ether oxygens (including phenoxy) is 1. The molecule has 1 aliphatic heterocycles. The molecular weight excluding hydrogens is 438 g/mol. The number of aromatic amines is 1. The standard InChI is InChI=1S/C27H30F2N2O3/c1-3-17-7-5-9-21-23(15-30-26(17)21)22(20-11-10-19(28)13-24(20)29)14-25(32)31-12-6-8-18(16-31)27(33)34-4-2/h5,7,9-11,13,15,18,22,30H,3-4,6,8,12,14,16H2,1-2H3/t18-,22-/m1/s1.